The Bertz CT molecular complexity index is 223. The van der Waals surface area contributed by atoms with E-state index in [2.05, 4.69) is 51.2 Å². The third-order valence-electron chi connectivity index (χ3n) is 2.43. The molecule has 1 atom stereocenters. The van der Waals surface area contributed by atoms with Gasteiger partial charge in [-0.15, -0.1) is 0 Å². The van der Waals surface area contributed by atoms with Crippen LogP contribution in [-0.2, 0) is 0 Å². The van der Waals surface area contributed by atoms with Crippen LogP contribution in [0.15, 0.2) is 36.0 Å². The second kappa shape index (κ2) is 9.72. The SMILES string of the molecule is CC/C(C)=C/C=C/C=C/CCC(C)CO. The highest BCUT2D eigenvalue weighted by Crippen LogP contribution is 2.04. The summed E-state index contributed by atoms with van der Waals surface area (Å²) in [6, 6.07) is 0. The topological polar surface area (TPSA) is 20.2 Å². The molecule has 0 aromatic heterocycles. The molecular weight excluding hydrogens is 184 g/mol. The molecule has 0 fully saturated rings. The van der Waals surface area contributed by atoms with Crippen molar-refractivity contribution in [1.82, 2.24) is 0 Å². The zero-order valence-corrected chi connectivity index (χ0v) is 10.2. The molecule has 86 valence electrons. The van der Waals surface area contributed by atoms with Gasteiger partial charge in [0.1, 0.15) is 0 Å². The van der Waals surface area contributed by atoms with Crippen LogP contribution < -0.4 is 0 Å². The van der Waals surface area contributed by atoms with Crippen molar-refractivity contribution in [3.63, 3.8) is 0 Å². The molecule has 0 bridgehead atoms. The fourth-order valence-electron chi connectivity index (χ4n) is 1.05. The summed E-state index contributed by atoms with van der Waals surface area (Å²) in [5.41, 5.74) is 1.40. The largest absolute Gasteiger partial charge is 0.396 e. The number of aliphatic hydroxyl groups is 1. The summed E-state index contributed by atoms with van der Waals surface area (Å²) in [6.07, 6.45) is 13.7. The van der Waals surface area contributed by atoms with Gasteiger partial charge in [-0.05, 0) is 32.1 Å². The van der Waals surface area contributed by atoms with Gasteiger partial charge in [-0.3, -0.25) is 0 Å². The second-order valence-corrected chi connectivity index (χ2v) is 4.04. The Kier molecular flexibility index (Phi) is 9.19. The predicted molar refractivity (Wildman–Crippen MR) is 67.8 cm³/mol. The summed E-state index contributed by atoms with van der Waals surface area (Å²) >= 11 is 0. The van der Waals surface area contributed by atoms with Crippen LogP contribution in [0, 0.1) is 5.92 Å². The van der Waals surface area contributed by atoms with Crippen LogP contribution in [0.3, 0.4) is 0 Å². The molecule has 1 N–H and O–H groups in total. The number of aliphatic hydroxyl groups excluding tert-OH is 1. The maximum Gasteiger partial charge on any atom is 0.0456 e. The van der Waals surface area contributed by atoms with Gasteiger partial charge in [-0.1, -0.05) is 49.8 Å². The van der Waals surface area contributed by atoms with Crippen LogP contribution in [0.2, 0.25) is 0 Å². The van der Waals surface area contributed by atoms with E-state index in [0.717, 1.165) is 19.3 Å². The van der Waals surface area contributed by atoms with E-state index in [4.69, 9.17) is 5.11 Å². The minimum Gasteiger partial charge on any atom is -0.396 e. The molecule has 15 heavy (non-hydrogen) atoms. The number of rotatable bonds is 7. The van der Waals surface area contributed by atoms with Gasteiger partial charge in [-0.2, -0.15) is 0 Å². The number of hydrogen-bond acceptors (Lipinski definition) is 1. The maximum atomic E-state index is 8.82. The monoisotopic (exact) mass is 208 g/mol. The van der Waals surface area contributed by atoms with Crippen molar-refractivity contribution >= 4 is 0 Å². The van der Waals surface area contributed by atoms with E-state index in [9.17, 15) is 0 Å². The van der Waals surface area contributed by atoms with E-state index in [-0.39, 0.29) is 0 Å². The quantitative estimate of drug-likeness (QED) is 0.630. The average Bonchev–Trinajstić information content (AvgIpc) is 2.26. The van der Waals surface area contributed by atoms with Gasteiger partial charge >= 0.3 is 0 Å². The zero-order valence-electron chi connectivity index (χ0n) is 10.2. The van der Waals surface area contributed by atoms with Crippen molar-refractivity contribution in [2.75, 3.05) is 6.61 Å². The Morgan fingerprint density at radius 1 is 1.27 bits per heavy atom. The van der Waals surface area contributed by atoms with Crippen molar-refractivity contribution in [2.45, 2.75) is 40.0 Å². The molecular formula is C14H24O. The Morgan fingerprint density at radius 3 is 2.60 bits per heavy atom. The van der Waals surface area contributed by atoms with Gasteiger partial charge in [-0.25, -0.2) is 0 Å². The summed E-state index contributed by atoms with van der Waals surface area (Å²) in [7, 11) is 0. The number of hydrogen-bond donors (Lipinski definition) is 1. The molecule has 0 rings (SSSR count). The third kappa shape index (κ3) is 9.48. The fraction of sp³-hybridized carbons (Fsp3) is 0.571. The molecule has 0 aromatic rings. The van der Waals surface area contributed by atoms with Crippen molar-refractivity contribution in [1.29, 1.82) is 0 Å². The molecule has 0 amide bonds. The lowest BCUT2D eigenvalue weighted by atomic mass is 10.1. The summed E-state index contributed by atoms with van der Waals surface area (Å²) < 4.78 is 0. The van der Waals surface area contributed by atoms with Crippen LogP contribution in [-0.4, -0.2) is 11.7 Å². The molecule has 0 heterocycles. The molecule has 1 nitrogen and oxygen atoms in total. The minimum absolute atomic E-state index is 0.294. The molecule has 1 unspecified atom stereocenters. The van der Waals surface area contributed by atoms with Gasteiger partial charge in [0.05, 0.1) is 0 Å². The van der Waals surface area contributed by atoms with Crippen LogP contribution in [0.4, 0.5) is 0 Å². The van der Waals surface area contributed by atoms with Crippen LogP contribution in [0.25, 0.3) is 0 Å². The van der Waals surface area contributed by atoms with Crippen LogP contribution in [0.5, 0.6) is 0 Å². The maximum absolute atomic E-state index is 8.82. The second-order valence-electron chi connectivity index (χ2n) is 4.04. The zero-order chi connectivity index (χ0) is 11.5. The molecule has 0 aliphatic rings. The van der Waals surface area contributed by atoms with E-state index in [1.165, 1.54) is 5.57 Å². The van der Waals surface area contributed by atoms with Gasteiger partial charge in [0.25, 0.3) is 0 Å². The Morgan fingerprint density at radius 2 is 2.00 bits per heavy atom. The first-order valence-corrected chi connectivity index (χ1v) is 5.80. The van der Waals surface area contributed by atoms with E-state index < -0.39 is 0 Å². The van der Waals surface area contributed by atoms with Crippen molar-refractivity contribution in [3.05, 3.63) is 36.0 Å². The summed E-state index contributed by atoms with van der Waals surface area (Å²) in [4.78, 5) is 0. The predicted octanol–water partition coefficient (Wildman–Crippen LogP) is 3.86. The van der Waals surface area contributed by atoms with E-state index >= 15 is 0 Å². The van der Waals surface area contributed by atoms with Gasteiger partial charge in [0.15, 0.2) is 0 Å². The molecule has 0 saturated carbocycles. The lowest BCUT2D eigenvalue weighted by Gasteiger charge is -2.02. The normalized spacial score (nSPS) is 15.3. The lowest BCUT2D eigenvalue weighted by molar-refractivity contribution is 0.231. The smallest absolute Gasteiger partial charge is 0.0456 e. The molecule has 0 aromatic carbocycles. The third-order valence-corrected chi connectivity index (χ3v) is 2.43. The van der Waals surface area contributed by atoms with Crippen LogP contribution in [0.1, 0.15) is 40.0 Å². The Hall–Kier alpha value is -0.820. The highest BCUT2D eigenvalue weighted by atomic mass is 16.3. The molecule has 0 saturated heterocycles. The standard InChI is InChI=1S/C14H24O/c1-4-13(2)10-8-6-5-7-9-11-14(3)12-15/h5-8,10,14-15H,4,9,11-12H2,1-3H3/b7-5+,8-6+,13-10+. The molecule has 1 heteroatoms. The van der Waals surface area contributed by atoms with Crippen molar-refractivity contribution in [3.8, 4) is 0 Å². The molecule has 0 radical (unpaired) electrons. The highest BCUT2D eigenvalue weighted by molar-refractivity contribution is 5.15. The van der Waals surface area contributed by atoms with Crippen LogP contribution >= 0.6 is 0 Å². The summed E-state index contributed by atoms with van der Waals surface area (Å²) in [5, 5.41) is 8.82. The van der Waals surface area contributed by atoms with Gasteiger partial charge in [0, 0.05) is 6.61 Å². The van der Waals surface area contributed by atoms with E-state index in [1.807, 2.05) is 0 Å². The Labute approximate surface area is 94.2 Å². The first-order valence-electron chi connectivity index (χ1n) is 5.80. The molecule has 0 aliphatic carbocycles. The average molecular weight is 208 g/mol. The highest BCUT2D eigenvalue weighted by Gasteiger charge is 1.95. The first-order chi connectivity index (χ1) is 7.20. The molecule has 0 aliphatic heterocycles. The van der Waals surface area contributed by atoms with Gasteiger partial charge < -0.3 is 5.11 Å². The van der Waals surface area contributed by atoms with Crippen molar-refractivity contribution < 1.29 is 5.11 Å². The summed E-state index contributed by atoms with van der Waals surface area (Å²) in [5.74, 6) is 0.417. The summed E-state index contributed by atoms with van der Waals surface area (Å²) in [6.45, 7) is 6.65. The number of allylic oxidation sites excluding steroid dienone is 6. The first kappa shape index (κ1) is 14.2. The lowest BCUT2D eigenvalue weighted by Crippen LogP contribution is -1.98. The van der Waals surface area contributed by atoms with E-state index in [1.54, 1.807) is 0 Å². The van der Waals surface area contributed by atoms with E-state index in [0.29, 0.717) is 12.5 Å². The van der Waals surface area contributed by atoms with Gasteiger partial charge in [0.2, 0.25) is 0 Å². The van der Waals surface area contributed by atoms with Crippen molar-refractivity contribution in [2.24, 2.45) is 5.92 Å². The minimum atomic E-state index is 0.294. The Balaban J connectivity index is 3.62. The fourth-order valence-corrected chi connectivity index (χ4v) is 1.05. The molecule has 0 spiro atoms.